The number of ether oxygens (including phenoxy) is 1. The summed E-state index contributed by atoms with van der Waals surface area (Å²) in [6, 6.07) is 3.85. The van der Waals surface area contributed by atoms with E-state index in [2.05, 4.69) is 20.3 Å². The van der Waals surface area contributed by atoms with Gasteiger partial charge >= 0.3 is 12.4 Å². The molecule has 0 radical (unpaired) electrons. The summed E-state index contributed by atoms with van der Waals surface area (Å²) in [7, 11) is 0. The molecule has 152 valence electrons. The molecule has 28 heavy (non-hydrogen) atoms. The number of hydrogen-bond donors (Lipinski definition) is 1. The van der Waals surface area contributed by atoms with Crippen LogP contribution in [0.2, 0.25) is 0 Å². The first-order valence-electron chi connectivity index (χ1n) is 8.55. The number of likely N-dealkylation sites (tertiary alicyclic amines) is 1. The fraction of sp³-hybridized carbons (Fsp3) is 0.471. The van der Waals surface area contributed by atoms with E-state index in [0.29, 0.717) is 5.56 Å². The Kier molecular flexibility index (Phi) is 5.54. The van der Waals surface area contributed by atoms with Crippen molar-refractivity contribution in [1.82, 2.24) is 15.1 Å². The SMILES string of the molecule is C[C@@H]1[C@H](OC(F)(F)F)CCN1C(=O)[C@@H](C)Nc1nnc(-c2ccc(F)cc2)o1. The van der Waals surface area contributed by atoms with Crippen molar-refractivity contribution in [3.8, 4) is 11.5 Å². The third-order valence-electron chi connectivity index (χ3n) is 4.48. The van der Waals surface area contributed by atoms with E-state index in [-0.39, 0.29) is 24.9 Å². The van der Waals surface area contributed by atoms with Crippen LogP contribution in [0.5, 0.6) is 0 Å². The van der Waals surface area contributed by atoms with Gasteiger partial charge in [0.25, 0.3) is 0 Å². The first-order valence-corrected chi connectivity index (χ1v) is 8.55. The van der Waals surface area contributed by atoms with E-state index in [9.17, 15) is 22.4 Å². The first kappa shape index (κ1) is 20.1. The second-order valence-corrected chi connectivity index (χ2v) is 6.45. The maximum atomic E-state index is 13.0. The van der Waals surface area contributed by atoms with Crippen LogP contribution in [0.4, 0.5) is 23.6 Å². The maximum Gasteiger partial charge on any atom is 0.522 e. The molecule has 2 aromatic rings. The highest BCUT2D eigenvalue weighted by Crippen LogP contribution is 2.29. The van der Waals surface area contributed by atoms with Crippen molar-refractivity contribution >= 4 is 11.9 Å². The third kappa shape index (κ3) is 4.58. The molecule has 1 aliphatic rings. The van der Waals surface area contributed by atoms with E-state index in [1.807, 2.05) is 0 Å². The molecule has 3 rings (SSSR count). The molecule has 0 spiro atoms. The Morgan fingerprint density at radius 2 is 2.00 bits per heavy atom. The summed E-state index contributed by atoms with van der Waals surface area (Å²) in [5.41, 5.74) is 0.501. The minimum Gasteiger partial charge on any atom is -0.403 e. The number of carbonyl (C=O) groups is 1. The molecule has 1 saturated heterocycles. The molecule has 0 saturated carbocycles. The van der Waals surface area contributed by atoms with Gasteiger partial charge in [-0.15, -0.1) is 18.3 Å². The Morgan fingerprint density at radius 1 is 1.32 bits per heavy atom. The number of aromatic nitrogens is 2. The average molecular weight is 402 g/mol. The number of carbonyl (C=O) groups excluding carboxylic acids is 1. The zero-order valence-corrected chi connectivity index (χ0v) is 15.0. The van der Waals surface area contributed by atoms with Gasteiger partial charge in [-0.05, 0) is 44.5 Å². The van der Waals surface area contributed by atoms with Crippen LogP contribution in [0.15, 0.2) is 28.7 Å². The van der Waals surface area contributed by atoms with Crippen LogP contribution in [0, 0.1) is 5.82 Å². The Bertz CT molecular complexity index is 825. The molecule has 1 amide bonds. The van der Waals surface area contributed by atoms with Crippen molar-refractivity contribution < 1.29 is 31.5 Å². The zero-order chi connectivity index (χ0) is 20.5. The number of alkyl halides is 3. The molecule has 3 atom stereocenters. The lowest BCUT2D eigenvalue weighted by molar-refractivity contribution is -0.343. The highest BCUT2D eigenvalue weighted by atomic mass is 19.4. The van der Waals surface area contributed by atoms with Crippen molar-refractivity contribution in [2.75, 3.05) is 11.9 Å². The fourth-order valence-electron chi connectivity index (χ4n) is 3.04. The molecule has 7 nitrogen and oxygen atoms in total. The summed E-state index contributed by atoms with van der Waals surface area (Å²) in [5, 5.41) is 10.3. The molecule has 1 fully saturated rings. The lowest BCUT2D eigenvalue weighted by Crippen LogP contribution is -2.45. The number of nitrogens with one attached hydrogen (secondary N) is 1. The van der Waals surface area contributed by atoms with Crippen molar-refractivity contribution in [2.45, 2.75) is 44.8 Å². The van der Waals surface area contributed by atoms with Crippen LogP contribution in [0.3, 0.4) is 0 Å². The molecule has 1 aromatic carbocycles. The summed E-state index contributed by atoms with van der Waals surface area (Å²) in [6.45, 7) is 3.19. The lowest BCUT2D eigenvalue weighted by Gasteiger charge is -2.27. The number of rotatable bonds is 5. The molecule has 11 heteroatoms. The van der Waals surface area contributed by atoms with Crippen molar-refractivity contribution in [3.05, 3.63) is 30.1 Å². The predicted molar refractivity (Wildman–Crippen MR) is 89.5 cm³/mol. The normalized spacial score (nSPS) is 21.0. The first-order chi connectivity index (χ1) is 13.1. The van der Waals surface area contributed by atoms with E-state index >= 15 is 0 Å². The van der Waals surface area contributed by atoms with Crippen molar-refractivity contribution in [2.24, 2.45) is 0 Å². The summed E-state index contributed by atoms with van der Waals surface area (Å²) < 4.78 is 59.7. The fourth-order valence-corrected chi connectivity index (χ4v) is 3.04. The topological polar surface area (TPSA) is 80.5 Å². The number of benzene rings is 1. The van der Waals surface area contributed by atoms with Gasteiger partial charge in [0.1, 0.15) is 11.9 Å². The van der Waals surface area contributed by atoms with Gasteiger partial charge in [0.15, 0.2) is 0 Å². The van der Waals surface area contributed by atoms with Crippen molar-refractivity contribution in [1.29, 1.82) is 0 Å². The molecule has 1 aliphatic heterocycles. The van der Waals surface area contributed by atoms with Gasteiger partial charge in [0, 0.05) is 12.1 Å². The van der Waals surface area contributed by atoms with Gasteiger partial charge in [-0.25, -0.2) is 4.39 Å². The quantitative estimate of drug-likeness (QED) is 0.774. The van der Waals surface area contributed by atoms with E-state index in [4.69, 9.17) is 4.42 Å². The second kappa shape index (κ2) is 7.74. The Morgan fingerprint density at radius 3 is 2.64 bits per heavy atom. The van der Waals surface area contributed by atoms with Gasteiger partial charge in [0.05, 0.1) is 12.1 Å². The van der Waals surface area contributed by atoms with E-state index in [0.717, 1.165) is 0 Å². The maximum absolute atomic E-state index is 13.0. The largest absolute Gasteiger partial charge is 0.522 e. The molecule has 0 bridgehead atoms. The van der Waals surface area contributed by atoms with E-state index in [1.54, 1.807) is 0 Å². The number of hydrogen-bond acceptors (Lipinski definition) is 6. The number of anilines is 1. The molecule has 1 N–H and O–H groups in total. The molecule has 0 unspecified atom stereocenters. The molecule has 0 aliphatic carbocycles. The van der Waals surface area contributed by atoms with Crippen LogP contribution in [0.1, 0.15) is 20.3 Å². The van der Waals surface area contributed by atoms with Crippen LogP contribution in [-0.2, 0) is 9.53 Å². The number of amides is 1. The van der Waals surface area contributed by atoms with Gasteiger partial charge in [0.2, 0.25) is 11.8 Å². The summed E-state index contributed by atoms with van der Waals surface area (Å²) in [5.74, 6) is -0.689. The van der Waals surface area contributed by atoms with Crippen LogP contribution >= 0.6 is 0 Å². The Labute approximate surface area is 157 Å². The van der Waals surface area contributed by atoms with Gasteiger partial charge in [-0.2, -0.15) is 0 Å². The highest BCUT2D eigenvalue weighted by molar-refractivity contribution is 5.84. The summed E-state index contributed by atoms with van der Waals surface area (Å²) in [6.07, 6.45) is -5.76. The van der Waals surface area contributed by atoms with Crippen molar-refractivity contribution in [3.63, 3.8) is 0 Å². The van der Waals surface area contributed by atoms with Gasteiger partial charge in [-0.3, -0.25) is 9.53 Å². The minimum absolute atomic E-state index is 0.0323. The number of nitrogens with zero attached hydrogens (tertiary/aromatic N) is 3. The lowest BCUT2D eigenvalue weighted by atomic mass is 10.2. The Balaban J connectivity index is 1.61. The molecular formula is C17H18F4N4O3. The van der Waals surface area contributed by atoms with E-state index in [1.165, 1.54) is 43.0 Å². The molecular weight excluding hydrogens is 384 g/mol. The molecule has 1 aromatic heterocycles. The average Bonchev–Trinajstić information content (AvgIpc) is 3.21. The van der Waals surface area contributed by atoms with Crippen LogP contribution < -0.4 is 5.32 Å². The zero-order valence-electron chi connectivity index (χ0n) is 15.0. The van der Waals surface area contributed by atoms with E-state index < -0.39 is 36.3 Å². The Hall–Kier alpha value is -2.69. The van der Waals surface area contributed by atoms with Gasteiger partial charge in [-0.1, -0.05) is 5.10 Å². The summed E-state index contributed by atoms with van der Waals surface area (Å²) in [4.78, 5) is 13.9. The standard InChI is InChI=1S/C17H18F4N4O3/c1-9(15(26)25-8-7-13(10(25)2)28-17(19,20)21)22-16-24-23-14(27-16)11-3-5-12(18)6-4-11/h3-6,9-10,13H,7-8H2,1-2H3,(H,22,24)/t9-,10-,13-/m1/s1. The van der Waals surface area contributed by atoms with Crippen LogP contribution in [-0.4, -0.2) is 52.1 Å². The monoisotopic (exact) mass is 402 g/mol. The summed E-state index contributed by atoms with van der Waals surface area (Å²) >= 11 is 0. The smallest absolute Gasteiger partial charge is 0.403 e. The number of halogens is 4. The van der Waals surface area contributed by atoms with Crippen LogP contribution in [0.25, 0.3) is 11.5 Å². The highest BCUT2D eigenvalue weighted by Gasteiger charge is 2.43. The minimum atomic E-state index is -4.75. The second-order valence-electron chi connectivity index (χ2n) is 6.45. The third-order valence-corrected chi connectivity index (χ3v) is 4.48. The van der Waals surface area contributed by atoms with Gasteiger partial charge < -0.3 is 14.6 Å². The predicted octanol–water partition coefficient (Wildman–Crippen LogP) is 3.20. The molecule has 2 heterocycles.